The molecule has 0 spiro atoms. The first kappa shape index (κ1) is 17.5. The fourth-order valence-electron chi connectivity index (χ4n) is 2.79. The van der Waals surface area contributed by atoms with Crippen LogP contribution in [-0.2, 0) is 17.9 Å². The minimum Gasteiger partial charge on any atom is -0.350 e. The van der Waals surface area contributed by atoms with E-state index in [9.17, 15) is 9.59 Å². The van der Waals surface area contributed by atoms with Crippen LogP contribution in [0.3, 0.4) is 0 Å². The van der Waals surface area contributed by atoms with E-state index in [1.807, 2.05) is 54.6 Å². The van der Waals surface area contributed by atoms with Crippen LogP contribution in [0.25, 0.3) is 0 Å². The van der Waals surface area contributed by atoms with Crippen LogP contribution in [0.1, 0.15) is 11.1 Å². The summed E-state index contributed by atoms with van der Waals surface area (Å²) in [6.07, 6.45) is 0. The Labute approximate surface area is 155 Å². The van der Waals surface area contributed by atoms with Crippen molar-refractivity contribution in [2.45, 2.75) is 13.1 Å². The Hall–Kier alpha value is -2.34. The molecule has 5 nitrogen and oxygen atoms in total. The number of carbonyl (C=O) groups excluding carboxylic acids is 2. The Kier molecular flexibility index (Phi) is 5.71. The summed E-state index contributed by atoms with van der Waals surface area (Å²) >= 11 is 3.46. The zero-order chi connectivity index (χ0) is 17.6. The third kappa shape index (κ3) is 4.60. The molecule has 3 rings (SSSR count). The van der Waals surface area contributed by atoms with Gasteiger partial charge in [0, 0.05) is 30.7 Å². The molecule has 3 amide bonds. The normalized spacial score (nSPS) is 14.0. The Bertz CT molecular complexity index is 751. The van der Waals surface area contributed by atoms with Gasteiger partial charge in [0.1, 0.15) is 6.54 Å². The van der Waals surface area contributed by atoms with Crippen molar-refractivity contribution in [3.05, 3.63) is 70.2 Å². The van der Waals surface area contributed by atoms with Gasteiger partial charge in [0.15, 0.2) is 0 Å². The van der Waals surface area contributed by atoms with Crippen LogP contribution in [0.5, 0.6) is 0 Å². The molecule has 2 aromatic rings. The topological polar surface area (TPSA) is 52.7 Å². The maximum Gasteiger partial charge on any atom is 0.320 e. The molecule has 0 bridgehead atoms. The molecule has 0 radical (unpaired) electrons. The van der Waals surface area contributed by atoms with E-state index in [1.54, 1.807) is 9.80 Å². The van der Waals surface area contributed by atoms with Crippen molar-refractivity contribution in [2.24, 2.45) is 0 Å². The predicted octanol–water partition coefficient (Wildman–Crippen LogP) is 3.00. The number of carbonyl (C=O) groups is 2. The fraction of sp³-hybridized carbons (Fsp3) is 0.263. The molecule has 1 aliphatic rings. The second-order valence-corrected chi connectivity index (χ2v) is 6.83. The van der Waals surface area contributed by atoms with Crippen molar-refractivity contribution in [3.63, 3.8) is 0 Å². The lowest BCUT2D eigenvalue weighted by atomic mass is 10.2. The number of benzene rings is 2. The third-order valence-electron chi connectivity index (χ3n) is 4.17. The number of amides is 3. The van der Waals surface area contributed by atoms with Crippen molar-refractivity contribution in [2.75, 3.05) is 19.6 Å². The van der Waals surface area contributed by atoms with Gasteiger partial charge in [-0.2, -0.15) is 0 Å². The van der Waals surface area contributed by atoms with Crippen LogP contribution in [0.2, 0.25) is 0 Å². The molecule has 0 atom stereocenters. The lowest BCUT2D eigenvalue weighted by Gasteiger charge is -2.18. The molecule has 1 heterocycles. The van der Waals surface area contributed by atoms with E-state index >= 15 is 0 Å². The zero-order valence-electron chi connectivity index (χ0n) is 13.8. The standard InChI is InChI=1S/C19H20BrN3O2/c20-17-9-5-4-8-16(17)12-21-18(24)14-23-11-10-22(19(23)25)13-15-6-2-1-3-7-15/h1-9H,10-14H2,(H,21,24). The third-order valence-corrected chi connectivity index (χ3v) is 4.94. The summed E-state index contributed by atoms with van der Waals surface area (Å²) in [6, 6.07) is 17.5. The van der Waals surface area contributed by atoms with E-state index in [2.05, 4.69) is 21.2 Å². The first-order valence-electron chi connectivity index (χ1n) is 8.21. The first-order chi connectivity index (χ1) is 12.1. The highest BCUT2D eigenvalue weighted by Gasteiger charge is 2.29. The summed E-state index contributed by atoms with van der Waals surface area (Å²) in [5, 5.41) is 2.87. The zero-order valence-corrected chi connectivity index (χ0v) is 15.4. The van der Waals surface area contributed by atoms with E-state index in [0.717, 1.165) is 15.6 Å². The summed E-state index contributed by atoms with van der Waals surface area (Å²) in [5.41, 5.74) is 2.10. The van der Waals surface area contributed by atoms with Gasteiger partial charge >= 0.3 is 6.03 Å². The number of nitrogens with zero attached hydrogens (tertiary/aromatic N) is 2. The van der Waals surface area contributed by atoms with Crippen molar-refractivity contribution in [1.29, 1.82) is 0 Å². The molecule has 130 valence electrons. The largest absolute Gasteiger partial charge is 0.350 e. The highest BCUT2D eigenvalue weighted by molar-refractivity contribution is 9.10. The summed E-state index contributed by atoms with van der Waals surface area (Å²) < 4.78 is 0.960. The van der Waals surface area contributed by atoms with Gasteiger partial charge in [-0.05, 0) is 17.2 Å². The van der Waals surface area contributed by atoms with Gasteiger partial charge in [0.25, 0.3) is 0 Å². The van der Waals surface area contributed by atoms with Crippen LogP contribution in [0.15, 0.2) is 59.1 Å². The number of hydrogen-bond acceptors (Lipinski definition) is 2. The molecule has 1 aliphatic heterocycles. The molecule has 25 heavy (non-hydrogen) atoms. The fourth-order valence-corrected chi connectivity index (χ4v) is 3.22. The molecule has 6 heteroatoms. The quantitative estimate of drug-likeness (QED) is 0.808. The van der Waals surface area contributed by atoms with Crippen LogP contribution in [-0.4, -0.2) is 41.4 Å². The van der Waals surface area contributed by atoms with Crippen molar-refractivity contribution in [1.82, 2.24) is 15.1 Å². The van der Waals surface area contributed by atoms with Crippen LogP contribution in [0, 0.1) is 0 Å². The molecular weight excluding hydrogens is 382 g/mol. The van der Waals surface area contributed by atoms with Gasteiger partial charge in [-0.3, -0.25) is 4.79 Å². The van der Waals surface area contributed by atoms with Gasteiger partial charge < -0.3 is 15.1 Å². The molecule has 2 aromatic carbocycles. The van der Waals surface area contributed by atoms with Crippen molar-refractivity contribution < 1.29 is 9.59 Å². The maximum absolute atomic E-state index is 12.4. The highest BCUT2D eigenvalue weighted by atomic mass is 79.9. The summed E-state index contributed by atoms with van der Waals surface area (Å²) in [7, 11) is 0. The number of urea groups is 1. The lowest BCUT2D eigenvalue weighted by Crippen LogP contribution is -2.39. The smallest absolute Gasteiger partial charge is 0.320 e. The van der Waals surface area contributed by atoms with Crippen LogP contribution in [0.4, 0.5) is 4.79 Å². The van der Waals surface area contributed by atoms with Gasteiger partial charge in [-0.1, -0.05) is 64.5 Å². The number of halogens is 1. The maximum atomic E-state index is 12.4. The minimum atomic E-state index is -0.148. The van der Waals surface area contributed by atoms with Crippen molar-refractivity contribution in [3.8, 4) is 0 Å². The molecule has 1 saturated heterocycles. The minimum absolute atomic E-state index is 0.0834. The Morgan fingerprint density at radius 1 is 1.00 bits per heavy atom. The van der Waals surface area contributed by atoms with Gasteiger partial charge in [-0.15, -0.1) is 0 Å². The predicted molar refractivity (Wildman–Crippen MR) is 99.8 cm³/mol. The molecule has 0 saturated carbocycles. The summed E-state index contributed by atoms with van der Waals surface area (Å²) in [5.74, 6) is -0.148. The highest BCUT2D eigenvalue weighted by Crippen LogP contribution is 2.16. The van der Waals surface area contributed by atoms with Gasteiger partial charge in [0.05, 0.1) is 0 Å². The molecule has 0 unspecified atom stereocenters. The lowest BCUT2D eigenvalue weighted by molar-refractivity contribution is -0.121. The van der Waals surface area contributed by atoms with Gasteiger partial charge in [0.2, 0.25) is 5.91 Å². The first-order valence-corrected chi connectivity index (χ1v) is 9.00. The van der Waals surface area contributed by atoms with E-state index < -0.39 is 0 Å². The van der Waals surface area contributed by atoms with E-state index in [1.165, 1.54) is 0 Å². The SMILES string of the molecule is O=C(CN1CCN(Cc2ccccc2)C1=O)NCc1ccccc1Br. The Morgan fingerprint density at radius 2 is 1.68 bits per heavy atom. The second-order valence-electron chi connectivity index (χ2n) is 5.98. The number of hydrogen-bond donors (Lipinski definition) is 1. The van der Waals surface area contributed by atoms with E-state index in [-0.39, 0.29) is 18.5 Å². The number of nitrogens with one attached hydrogen (secondary N) is 1. The van der Waals surface area contributed by atoms with E-state index in [0.29, 0.717) is 26.2 Å². The average molecular weight is 402 g/mol. The number of rotatable bonds is 6. The van der Waals surface area contributed by atoms with E-state index in [4.69, 9.17) is 0 Å². The Balaban J connectivity index is 1.49. The summed E-state index contributed by atoms with van der Waals surface area (Å²) in [6.45, 7) is 2.33. The van der Waals surface area contributed by atoms with Crippen molar-refractivity contribution >= 4 is 27.9 Å². The second kappa shape index (κ2) is 8.16. The molecular formula is C19H20BrN3O2. The molecule has 0 aromatic heterocycles. The molecule has 0 aliphatic carbocycles. The molecule has 1 fully saturated rings. The molecule has 1 N–H and O–H groups in total. The Morgan fingerprint density at radius 3 is 2.44 bits per heavy atom. The monoisotopic (exact) mass is 401 g/mol. The average Bonchev–Trinajstić information content (AvgIpc) is 2.95. The van der Waals surface area contributed by atoms with Crippen LogP contribution < -0.4 is 5.32 Å². The van der Waals surface area contributed by atoms with Crippen LogP contribution >= 0.6 is 15.9 Å². The van der Waals surface area contributed by atoms with Gasteiger partial charge in [-0.25, -0.2) is 4.79 Å². The summed E-state index contributed by atoms with van der Waals surface area (Å²) in [4.78, 5) is 28.0.